The second-order valence-corrected chi connectivity index (χ2v) is 3.51. The number of anilines is 1. The van der Waals surface area contributed by atoms with Crippen molar-refractivity contribution in [3.63, 3.8) is 0 Å². The van der Waals surface area contributed by atoms with Gasteiger partial charge in [-0.05, 0) is 12.1 Å². The maximum atomic E-state index is 5.76. The second-order valence-electron chi connectivity index (χ2n) is 3.07. The number of piperazine rings is 1. The molecule has 1 aliphatic heterocycles. The number of hydrogen-bond donors (Lipinski definition) is 1. The summed E-state index contributed by atoms with van der Waals surface area (Å²) in [5, 5.41) is 3.99. The first-order chi connectivity index (χ1) is 6.36. The van der Waals surface area contributed by atoms with Crippen molar-refractivity contribution in [3.05, 3.63) is 23.4 Å². The van der Waals surface area contributed by atoms with Crippen molar-refractivity contribution in [1.82, 2.24) is 10.3 Å². The van der Waals surface area contributed by atoms with Gasteiger partial charge in [0, 0.05) is 32.4 Å². The van der Waals surface area contributed by atoms with Gasteiger partial charge in [0.05, 0.1) is 5.02 Å². The summed E-state index contributed by atoms with van der Waals surface area (Å²) in [5.41, 5.74) is 0. The summed E-state index contributed by atoms with van der Waals surface area (Å²) in [6.45, 7) is 4.11. The summed E-state index contributed by atoms with van der Waals surface area (Å²) in [6, 6.07) is 3.85. The molecule has 2 heterocycles. The number of rotatable bonds is 1. The molecule has 0 atom stereocenters. The first-order valence-corrected chi connectivity index (χ1v) is 4.81. The molecule has 0 unspecified atom stereocenters. The summed E-state index contributed by atoms with van der Waals surface area (Å²) < 4.78 is 0. The van der Waals surface area contributed by atoms with E-state index in [0.717, 1.165) is 32.0 Å². The lowest BCUT2D eigenvalue weighted by Gasteiger charge is -2.28. The van der Waals surface area contributed by atoms with Gasteiger partial charge in [0.15, 0.2) is 0 Å². The standard InChI is InChI=1S/C9H12ClN3.2ClH/c10-8-1-2-9(12-7-8)13-5-3-11-4-6-13;;/h1-2,7,11H,3-6H2;2*1H. The molecule has 0 aromatic carbocycles. The van der Waals surface area contributed by atoms with Gasteiger partial charge in [0.25, 0.3) is 0 Å². The van der Waals surface area contributed by atoms with Gasteiger partial charge in [-0.25, -0.2) is 4.98 Å². The molecule has 0 bridgehead atoms. The minimum atomic E-state index is 0. The average molecular weight is 271 g/mol. The van der Waals surface area contributed by atoms with Crippen molar-refractivity contribution in [3.8, 4) is 0 Å². The molecule has 1 aromatic rings. The van der Waals surface area contributed by atoms with Crippen LogP contribution in [0.25, 0.3) is 0 Å². The number of pyridine rings is 1. The predicted molar refractivity (Wildman–Crippen MR) is 68.8 cm³/mol. The summed E-state index contributed by atoms with van der Waals surface area (Å²) in [4.78, 5) is 6.52. The number of halogens is 3. The molecule has 0 amide bonds. The molecular formula is C9H14Cl3N3. The molecule has 1 saturated heterocycles. The van der Waals surface area contributed by atoms with Gasteiger partial charge in [-0.1, -0.05) is 11.6 Å². The van der Waals surface area contributed by atoms with E-state index >= 15 is 0 Å². The molecule has 1 aliphatic rings. The van der Waals surface area contributed by atoms with E-state index in [9.17, 15) is 0 Å². The van der Waals surface area contributed by atoms with Gasteiger partial charge in [0.1, 0.15) is 5.82 Å². The highest BCUT2D eigenvalue weighted by atomic mass is 35.5. The Labute approximate surface area is 107 Å². The summed E-state index contributed by atoms with van der Waals surface area (Å²) in [5.74, 6) is 1.02. The van der Waals surface area contributed by atoms with Crippen LogP contribution >= 0.6 is 36.4 Å². The van der Waals surface area contributed by atoms with E-state index in [4.69, 9.17) is 11.6 Å². The van der Waals surface area contributed by atoms with Crippen LogP contribution in [-0.4, -0.2) is 31.2 Å². The largest absolute Gasteiger partial charge is 0.354 e. The van der Waals surface area contributed by atoms with E-state index in [0.29, 0.717) is 5.02 Å². The Kier molecular flexibility index (Phi) is 7.02. The summed E-state index contributed by atoms with van der Waals surface area (Å²) in [7, 11) is 0. The van der Waals surface area contributed by atoms with Crippen molar-refractivity contribution in [2.24, 2.45) is 0 Å². The molecule has 1 N–H and O–H groups in total. The van der Waals surface area contributed by atoms with Crippen LogP contribution in [-0.2, 0) is 0 Å². The molecule has 15 heavy (non-hydrogen) atoms. The zero-order valence-corrected chi connectivity index (χ0v) is 10.5. The third-order valence-electron chi connectivity index (χ3n) is 2.15. The van der Waals surface area contributed by atoms with E-state index in [1.807, 2.05) is 12.1 Å². The minimum absolute atomic E-state index is 0. The zero-order chi connectivity index (χ0) is 9.10. The van der Waals surface area contributed by atoms with Gasteiger partial charge >= 0.3 is 0 Å². The van der Waals surface area contributed by atoms with Crippen LogP contribution in [0.2, 0.25) is 5.02 Å². The summed E-state index contributed by atoms with van der Waals surface area (Å²) >= 11 is 5.76. The highest BCUT2D eigenvalue weighted by Crippen LogP contribution is 2.14. The molecule has 1 fully saturated rings. The van der Waals surface area contributed by atoms with E-state index < -0.39 is 0 Å². The van der Waals surface area contributed by atoms with E-state index in [2.05, 4.69) is 15.2 Å². The topological polar surface area (TPSA) is 28.2 Å². The van der Waals surface area contributed by atoms with E-state index in [1.165, 1.54) is 0 Å². The highest BCUT2D eigenvalue weighted by molar-refractivity contribution is 6.30. The van der Waals surface area contributed by atoms with E-state index in [-0.39, 0.29) is 24.8 Å². The number of nitrogens with one attached hydrogen (secondary N) is 1. The molecule has 0 saturated carbocycles. The van der Waals surface area contributed by atoms with Gasteiger partial charge < -0.3 is 10.2 Å². The smallest absolute Gasteiger partial charge is 0.128 e. The average Bonchev–Trinajstić information content (AvgIpc) is 2.20. The third kappa shape index (κ3) is 4.03. The van der Waals surface area contributed by atoms with Crippen LogP contribution in [0.5, 0.6) is 0 Å². The zero-order valence-electron chi connectivity index (χ0n) is 8.15. The molecular weight excluding hydrogens is 256 g/mol. The van der Waals surface area contributed by atoms with Crippen LogP contribution in [0.1, 0.15) is 0 Å². The van der Waals surface area contributed by atoms with Gasteiger partial charge in [-0.3, -0.25) is 0 Å². The maximum Gasteiger partial charge on any atom is 0.128 e. The molecule has 3 nitrogen and oxygen atoms in total. The van der Waals surface area contributed by atoms with Crippen molar-refractivity contribution in [1.29, 1.82) is 0 Å². The maximum absolute atomic E-state index is 5.76. The second kappa shape index (κ2) is 7.12. The van der Waals surface area contributed by atoms with Crippen LogP contribution in [0.3, 0.4) is 0 Å². The first-order valence-electron chi connectivity index (χ1n) is 4.43. The molecule has 2 rings (SSSR count). The van der Waals surface area contributed by atoms with Gasteiger partial charge in [0.2, 0.25) is 0 Å². The lowest BCUT2D eigenvalue weighted by atomic mass is 10.3. The molecule has 0 spiro atoms. The predicted octanol–water partition coefficient (Wildman–Crippen LogP) is 1.99. The first kappa shape index (κ1) is 14.8. The third-order valence-corrected chi connectivity index (χ3v) is 2.38. The van der Waals surface area contributed by atoms with E-state index in [1.54, 1.807) is 6.20 Å². The fraction of sp³-hybridized carbons (Fsp3) is 0.444. The van der Waals surface area contributed by atoms with Crippen LogP contribution in [0, 0.1) is 0 Å². The lowest BCUT2D eigenvalue weighted by molar-refractivity contribution is 0.585. The monoisotopic (exact) mass is 269 g/mol. The number of nitrogens with zero attached hydrogens (tertiary/aromatic N) is 2. The summed E-state index contributed by atoms with van der Waals surface area (Å²) in [6.07, 6.45) is 1.69. The SMILES string of the molecule is Cl.Cl.Clc1ccc(N2CCNCC2)nc1. The fourth-order valence-corrected chi connectivity index (χ4v) is 1.56. The van der Waals surface area contributed by atoms with Crippen molar-refractivity contribution in [2.45, 2.75) is 0 Å². The van der Waals surface area contributed by atoms with Gasteiger partial charge in [-0.2, -0.15) is 0 Å². The van der Waals surface area contributed by atoms with Crippen LogP contribution in [0.15, 0.2) is 18.3 Å². The Balaban J connectivity index is 0.000000980. The lowest BCUT2D eigenvalue weighted by Crippen LogP contribution is -2.43. The van der Waals surface area contributed by atoms with Crippen LogP contribution in [0.4, 0.5) is 5.82 Å². The Morgan fingerprint density at radius 3 is 2.40 bits per heavy atom. The quantitative estimate of drug-likeness (QED) is 0.846. The Bertz CT molecular complexity index is 272. The van der Waals surface area contributed by atoms with Crippen molar-refractivity contribution in [2.75, 3.05) is 31.1 Å². The normalized spacial score (nSPS) is 15.1. The fourth-order valence-electron chi connectivity index (χ4n) is 1.45. The molecule has 86 valence electrons. The van der Waals surface area contributed by atoms with Crippen LogP contribution < -0.4 is 10.2 Å². The van der Waals surface area contributed by atoms with Crippen molar-refractivity contribution >= 4 is 42.2 Å². The highest BCUT2D eigenvalue weighted by Gasteiger charge is 2.10. The Hall–Kier alpha value is -0.220. The molecule has 1 aromatic heterocycles. The van der Waals surface area contributed by atoms with Crippen molar-refractivity contribution < 1.29 is 0 Å². The molecule has 6 heteroatoms. The molecule has 0 aliphatic carbocycles. The number of hydrogen-bond acceptors (Lipinski definition) is 3. The minimum Gasteiger partial charge on any atom is -0.354 e. The molecule has 0 radical (unpaired) electrons. The Morgan fingerprint density at radius 1 is 1.20 bits per heavy atom. The Morgan fingerprint density at radius 2 is 1.87 bits per heavy atom. The van der Waals surface area contributed by atoms with Gasteiger partial charge in [-0.15, -0.1) is 24.8 Å². The number of aromatic nitrogens is 1.